The van der Waals surface area contributed by atoms with Crippen LogP contribution in [0.15, 0.2) is 24.4 Å². The molecule has 2 saturated heterocycles. The summed E-state index contributed by atoms with van der Waals surface area (Å²) in [7, 11) is 0. The summed E-state index contributed by atoms with van der Waals surface area (Å²) in [5, 5.41) is 0. The van der Waals surface area contributed by atoms with E-state index in [1.807, 2.05) is 33.7 Å². The molecule has 2 aromatic heterocycles. The van der Waals surface area contributed by atoms with Gasteiger partial charge >= 0.3 is 0 Å². The van der Waals surface area contributed by atoms with E-state index in [9.17, 15) is 9.59 Å². The zero-order chi connectivity index (χ0) is 20.5. The first kappa shape index (κ1) is 19.9. The van der Waals surface area contributed by atoms with Crippen LogP contribution in [0.1, 0.15) is 62.8 Å². The first-order valence-electron chi connectivity index (χ1n) is 11.0. The number of carbonyl (C=O) groups excluding carboxylic acids is 2. The van der Waals surface area contributed by atoms with Crippen molar-refractivity contribution in [2.45, 2.75) is 58.9 Å². The highest BCUT2D eigenvalue weighted by Crippen LogP contribution is 2.26. The lowest BCUT2D eigenvalue weighted by Crippen LogP contribution is -2.50. The number of aromatic nitrogens is 2. The fourth-order valence-corrected chi connectivity index (χ4v) is 4.61. The van der Waals surface area contributed by atoms with Crippen LogP contribution in [0, 0.1) is 11.8 Å². The van der Waals surface area contributed by atoms with Crippen molar-refractivity contribution in [3.8, 4) is 0 Å². The second-order valence-electron chi connectivity index (χ2n) is 9.09. The van der Waals surface area contributed by atoms with E-state index < -0.39 is 0 Å². The van der Waals surface area contributed by atoms with Crippen molar-refractivity contribution >= 4 is 17.3 Å². The molecule has 4 heterocycles. The van der Waals surface area contributed by atoms with Crippen LogP contribution in [0.25, 0.3) is 5.52 Å². The van der Waals surface area contributed by atoms with Gasteiger partial charge in [-0.2, -0.15) is 0 Å². The first-order valence-corrected chi connectivity index (χ1v) is 11.0. The zero-order valence-electron chi connectivity index (χ0n) is 17.8. The Bertz CT molecular complexity index is 895. The molecular formula is C23H32N4O2. The molecule has 0 N–H and O–H groups in total. The molecule has 0 saturated carbocycles. The smallest absolute Gasteiger partial charge is 0.275 e. The molecule has 1 atom stereocenters. The van der Waals surface area contributed by atoms with Crippen LogP contribution in [0.3, 0.4) is 0 Å². The van der Waals surface area contributed by atoms with Gasteiger partial charge < -0.3 is 14.2 Å². The molecule has 29 heavy (non-hydrogen) atoms. The predicted octanol–water partition coefficient (Wildman–Crippen LogP) is 3.40. The maximum Gasteiger partial charge on any atom is 0.275 e. The topological polar surface area (TPSA) is 57.9 Å². The van der Waals surface area contributed by atoms with E-state index in [1.54, 1.807) is 4.90 Å². The summed E-state index contributed by atoms with van der Waals surface area (Å²) in [5.74, 6) is 2.05. The van der Waals surface area contributed by atoms with Crippen LogP contribution in [0.2, 0.25) is 0 Å². The summed E-state index contributed by atoms with van der Waals surface area (Å²) >= 11 is 0. The lowest BCUT2D eigenvalue weighted by Gasteiger charge is -2.34. The third-order valence-electron chi connectivity index (χ3n) is 6.31. The number of hydrogen-bond donors (Lipinski definition) is 0. The van der Waals surface area contributed by atoms with Gasteiger partial charge in [-0.1, -0.05) is 26.8 Å². The molecule has 6 nitrogen and oxygen atoms in total. The third-order valence-corrected chi connectivity index (χ3v) is 6.31. The Morgan fingerprint density at radius 2 is 1.90 bits per heavy atom. The first-order chi connectivity index (χ1) is 14.0. The largest absolute Gasteiger partial charge is 0.341 e. The Hall–Kier alpha value is -2.37. The zero-order valence-corrected chi connectivity index (χ0v) is 17.8. The van der Waals surface area contributed by atoms with Crippen LogP contribution in [-0.2, 0) is 11.2 Å². The lowest BCUT2D eigenvalue weighted by molar-refractivity contribution is -0.136. The van der Waals surface area contributed by atoms with Crippen molar-refractivity contribution in [2.75, 3.05) is 19.6 Å². The molecule has 4 rings (SSSR count). The fraction of sp³-hybridized carbons (Fsp3) is 0.609. The van der Waals surface area contributed by atoms with Gasteiger partial charge in [0.05, 0.1) is 5.52 Å². The van der Waals surface area contributed by atoms with Crippen LogP contribution in [0.4, 0.5) is 0 Å². The van der Waals surface area contributed by atoms with Gasteiger partial charge in [0.1, 0.15) is 11.9 Å². The number of imidazole rings is 1. The van der Waals surface area contributed by atoms with E-state index >= 15 is 0 Å². The van der Waals surface area contributed by atoms with Gasteiger partial charge in [-0.05, 0) is 49.7 Å². The van der Waals surface area contributed by atoms with Gasteiger partial charge in [0.2, 0.25) is 5.91 Å². The number of pyridine rings is 1. The number of piperidine rings is 1. The number of carbonyl (C=O) groups is 2. The minimum atomic E-state index is -0.343. The maximum absolute atomic E-state index is 13.5. The Balaban J connectivity index is 1.59. The molecule has 0 aromatic carbocycles. The minimum absolute atomic E-state index is 0.107. The van der Waals surface area contributed by atoms with E-state index in [4.69, 9.17) is 4.98 Å². The van der Waals surface area contributed by atoms with E-state index in [-0.39, 0.29) is 17.9 Å². The van der Waals surface area contributed by atoms with E-state index in [0.29, 0.717) is 24.1 Å². The highest BCUT2D eigenvalue weighted by Gasteiger charge is 2.38. The summed E-state index contributed by atoms with van der Waals surface area (Å²) in [4.78, 5) is 35.1. The number of likely N-dealkylation sites (tertiary alicyclic amines) is 2. The summed E-state index contributed by atoms with van der Waals surface area (Å²) in [5.41, 5.74) is 1.31. The third kappa shape index (κ3) is 3.89. The SMILES string of the molecule is CC(C)Cc1nc(C(=O)N2CCCC2C(=O)N2CCC(C)CC2)c2ccccn12. The molecule has 2 aliphatic heterocycles. The molecule has 0 bridgehead atoms. The van der Waals surface area contributed by atoms with Gasteiger partial charge in [-0.3, -0.25) is 9.59 Å². The van der Waals surface area contributed by atoms with E-state index in [1.165, 1.54) is 0 Å². The van der Waals surface area contributed by atoms with Gasteiger partial charge in [0.15, 0.2) is 5.69 Å². The average Bonchev–Trinajstić information content (AvgIpc) is 3.33. The molecule has 0 radical (unpaired) electrons. The van der Waals surface area contributed by atoms with Crippen LogP contribution in [0.5, 0.6) is 0 Å². The summed E-state index contributed by atoms with van der Waals surface area (Å²) in [6, 6.07) is 5.51. The van der Waals surface area contributed by atoms with Crippen molar-refractivity contribution in [1.82, 2.24) is 19.2 Å². The van der Waals surface area contributed by atoms with Gasteiger partial charge in [0.25, 0.3) is 5.91 Å². The van der Waals surface area contributed by atoms with Crippen molar-refractivity contribution in [2.24, 2.45) is 11.8 Å². The van der Waals surface area contributed by atoms with Crippen molar-refractivity contribution in [3.63, 3.8) is 0 Å². The highest BCUT2D eigenvalue weighted by atomic mass is 16.2. The summed E-state index contributed by atoms with van der Waals surface area (Å²) < 4.78 is 2.02. The minimum Gasteiger partial charge on any atom is -0.341 e. The molecule has 6 heteroatoms. The normalized spacial score (nSPS) is 20.8. The van der Waals surface area contributed by atoms with Crippen LogP contribution < -0.4 is 0 Å². The molecule has 0 spiro atoms. The van der Waals surface area contributed by atoms with Gasteiger partial charge in [-0.25, -0.2) is 4.98 Å². The Morgan fingerprint density at radius 3 is 2.62 bits per heavy atom. The van der Waals surface area contributed by atoms with Gasteiger partial charge in [0, 0.05) is 32.3 Å². The Kier molecular flexibility index (Phi) is 5.61. The fourth-order valence-electron chi connectivity index (χ4n) is 4.61. The second kappa shape index (κ2) is 8.17. The van der Waals surface area contributed by atoms with E-state index in [0.717, 1.165) is 56.5 Å². The average molecular weight is 397 g/mol. The van der Waals surface area contributed by atoms with Gasteiger partial charge in [-0.15, -0.1) is 0 Å². The van der Waals surface area contributed by atoms with Crippen molar-refractivity contribution < 1.29 is 9.59 Å². The van der Waals surface area contributed by atoms with E-state index in [2.05, 4.69) is 20.8 Å². The number of hydrogen-bond acceptors (Lipinski definition) is 3. The molecule has 2 aliphatic rings. The second-order valence-corrected chi connectivity index (χ2v) is 9.09. The van der Waals surface area contributed by atoms with Crippen molar-refractivity contribution in [1.29, 1.82) is 0 Å². The molecule has 2 aromatic rings. The standard InChI is InChI=1S/C23H32N4O2/c1-16(2)15-20-24-21(18-7-4-5-11-26(18)20)23(29)27-12-6-8-19(27)22(28)25-13-9-17(3)10-14-25/h4-5,7,11,16-17,19H,6,8-10,12-15H2,1-3H3. The maximum atomic E-state index is 13.5. The number of amides is 2. The molecule has 1 unspecified atom stereocenters. The number of rotatable bonds is 4. The molecule has 2 amide bonds. The molecule has 0 aliphatic carbocycles. The Labute approximate surface area is 172 Å². The number of fused-ring (bicyclic) bond motifs is 1. The Morgan fingerprint density at radius 1 is 1.14 bits per heavy atom. The predicted molar refractivity (Wildman–Crippen MR) is 113 cm³/mol. The van der Waals surface area contributed by atoms with Crippen molar-refractivity contribution in [3.05, 3.63) is 35.9 Å². The molecular weight excluding hydrogens is 364 g/mol. The van der Waals surface area contributed by atoms with Crippen LogP contribution in [-0.4, -0.2) is 56.7 Å². The molecule has 156 valence electrons. The highest BCUT2D eigenvalue weighted by molar-refractivity contribution is 6.01. The number of nitrogens with zero attached hydrogens (tertiary/aromatic N) is 4. The van der Waals surface area contributed by atoms with Crippen LogP contribution >= 0.6 is 0 Å². The quantitative estimate of drug-likeness (QED) is 0.796. The summed E-state index contributed by atoms with van der Waals surface area (Å²) in [6.45, 7) is 8.80. The lowest BCUT2D eigenvalue weighted by atomic mass is 9.98. The monoisotopic (exact) mass is 396 g/mol. The summed E-state index contributed by atoms with van der Waals surface area (Å²) in [6.07, 6.45) is 6.51. The molecule has 2 fully saturated rings.